The van der Waals surface area contributed by atoms with Crippen molar-refractivity contribution in [2.45, 2.75) is 32.6 Å². The summed E-state index contributed by atoms with van der Waals surface area (Å²) in [6.45, 7) is 6.66. The molecule has 0 unspecified atom stereocenters. The number of nitrogens with zero attached hydrogens (tertiary/aromatic N) is 1. The molecule has 2 N–H and O–H groups in total. The molecule has 2 heterocycles. The van der Waals surface area contributed by atoms with Crippen molar-refractivity contribution >= 4 is 23.4 Å². The highest BCUT2D eigenvalue weighted by Gasteiger charge is 2.36. The summed E-state index contributed by atoms with van der Waals surface area (Å²) in [6.07, 6.45) is 0.0659. The van der Waals surface area contributed by atoms with E-state index in [0.29, 0.717) is 22.7 Å². The number of hydrogen-bond acceptors (Lipinski definition) is 5. The summed E-state index contributed by atoms with van der Waals surface area (Å²) in [5.74, 6) is -0.350. The summed E-state index contributed by atoms with van der Waals surface area (Å²) in [5, 5.41) is 0. The Morgan fingerprint density at radius 2 is 1.71 bits per heavy atom. The maximum Gasteiger partial charge on any atom is 0.269 e. The van der Waals surface area contributed by atoms with Crippen LogP contribution in [0.25, 0.3) is 0 Å². The first-order chi connectivity index (χ1) is 14.7. The van der Waals surface area contributed by atoms with Gasteiger partial charge in [0, 0.05) is 30.3 Å². The van der Waals surface area contributed by atoms with Gasteiger partial charge in [0.05, 0.1) is 5.92 Å². The number of benzene rings is 2. The van der Waals surface area contributed by atoms with Gasteiger partial charge in [-0.15, -0.1) is 0 Å². The van der Waals surface area contributed by atoms with Gasteiger partial charge in [-0.3, -0.25) is 25.2 Å². The molecule has 0 aromatic heterocycles. The predicted octanol–water partition coefficient (Wildman–Crippen LogP) is 2.53. The van der Waals surface area contributed by atoms with Gasteiger partial charge in [0.25, 0.3) is 5.91 Å². The van der Waals surface area contributed by atoms with E-state index in [9.17, 15) is 14.4 Å². The molecule has 2 aromatic rings. The number of carbonyl (C=O) groups excluding carboxylic acids is 3. The van der Waals surface area contributed by atoms with Crippen molar-refractivity contribution in [2.75, 3.05) is 18.2 Å². The Labute approximate surface area is 180 Å². The van der Waals surface area contributed by atoms with Crippen molar-refractivity contribution in [1.29, 1.82) is 0 Å². The van der Waals surface area contributed by atoms with Gasteiger partial charge in [-0.2, -0.15) is 0 Å². The zero-order valence-electron chi connectivity index (χ0n) is 17.7. The maximum atomic E-state index is 12.5. The van der Waals surface area contributed by atoms with Crippen LogP contribution in [0.5, 0.6) is 11.5 Å². The van der Waals surface area contributed by atoms with Crippen LogP contribution < -0.4 is 25.2 Å². The average molecular weight is 423 g/mol. The first kappa shape index (κ1) is 20.7. The molecule has 0 aliphatic carbocycles. The first-order valence-electron chi connectivity index (χ1n) is 10.1. The molecule has 8 nitrogen and oxygen atoms in total. The Bertz CT molecular complexity index is 1030. The molecular formula is C23H25N3O5. The van der Waals surface area contributed by atoms with Crippen molar-refractivity contribution < 1.29 is 23.9 Å². The summed E-state index contributed by atoms with van der Waals surface area (Å²) in [7, 11) is 0. The summed E-state index contributed by atoms with van der Waals surface area (Å²) in [6, 6.07) is 12.5. The van der Waals surface area contributed by atoms with Gasteiger partial charge in [-0.05, 0) is 35.2 Å². The lowest BCUT2D eigenvalue weighted by atomic mass is 9.87. The molecule has 162 valence electrons. The predicted molar refractivity (Wildman–Crippen MR) is 114 cm³/mol. The molecule has 0 bridgehead atoms. The van der Waals surface area contributed by atoms with Crippen LogP contribution in [0.15, 0.2) is 42.5 Å². The number of nitrogens with one attached hydrogen (secondary N) is 2. The van der Waals surface area contributed by atoms with E-state index < -0.39 is 17.7 Å². The second kappa shape index (κ2) is 7.94. The van der Waals surface area contributed by atoms with Crippen molar-refractivity contribution in [2.24, 2.45) is 5.92 Å². The summed E-state index contributed by atoms with van der Waals surface area (Å²) in [4.78, 5) is 38.9. The van der Waals surface area contributed by atoms with E-state index in [4.69, 9.17) is 9.47 Å². The normalized spacial score (nSPS) is 17.6. The number of amides is 3. The summed E-state index contributed by atoms with van der Waals surface area (Å²) in [5.41, 5.74) is 7.06. The minimum Gasteiger partial charge on any atom is -0.454 e. The highest BCUT2D eigenvalue weighted by molar-refractivity contribution is 6.01. The van der Waals surface area contributed by atoms with Gasteiger partial charge in [0.15, 0.2) is 11.5 Å². The third-order valence-electron chi connectivity index (χ3n) is 5.48. The van der Waals surface area contributed by atoms with Gasteiger partial charge in [0.2, 0.25) is 18.6 Å². The summed E-state index contributed by atoms with van der Waals surface area (Å²) >= 11 is 0. The van der Waals surface area contributed by atoms with Crippen LogP contribution >= 0.6 is 0 Å². The second-order valence-corrected chi connectivity index (χ2v) is 8.71. The maximum absolute atomic E-state index is 12.5. The first-order valence-corrected chi connectivity index (χ1v) is 10.1. The molecule has 2 aromatic carbocycles. The molecule has 1 atom stereocenters. The number of anilines is 1. The zero-order valence-corrected chi connectivity index (χ0v) is 17.7. The number of hydrazine groups is 1. The smallest absolute Gasteiger partial charge is 0.269 e. The fourth-order valence-corrected chi connectivity index (χ4v) is 3.60. The van der Waals surface area contributed by atoms with Crippen molar-refractivity contribution in [3.8, 4) is 11.5 Å². The summed E-state index contributed by atoms with van der Waals surface area (Å²) < 4.78 is 10.6. The monoisotopic (exact) mass is 423 g/mol. The number of ether oxygens (including phenoxy) is 2. The van der Waals surface area contributed by atoms with Crippen molar-refractivity contribution in [3.05, 3.63) is 53.6 Å². The fraction of sp³-hybridized carbons (Fsp3) is 0.348. The number of hydrogen-bond donors (Lipinski definition) is 2. The van der Waals surface area contributed by atoms with Gasteiger partial charge in [-0.25, -0.2) is 0 Å². The fourth-order valence-electron chi connectivity index (χ4n) is 3.60. The molecule has 31 heavy (non-hydrogen) atoms. The largest absolute Gasteiger partial charge is 0.454 e. The molecule has 2 aliphatic heterocycles. The van der Waals surface area contributed by atoms with Crippen LogP contribution in [0, 0.1) is 5.92 Å². The van der Waals surface area contributed by atoms with E-state index in [2.05, 4.69) is 31.6 Å². The quantitative estimate of drug-likeness (QED) is 0.740. The van der Waals surface area contributed by atoms with Crippen molar-refractivity contribution in [1.82, 2.24) is 10.9 Å². The average Bonchev–Trinajstić information content (AvgIpc) is 3.37. The number of carbonyl (C=O) groups is 3. The van der Waals surface area contributed by atoms with Gasteiger partial charge < -0.3 is 14.4 Å². The van der Waals surface area contributed by atoms with E-state index in [1.807, 2.05) is 12.1 Å². The highest BCUT2D eigenvalue weighted by Crippen LogP contribution is 2.37. The minimum atomic E-state index is -0.568. The Morgan fingerprint density at radius 3 is 2.42 bits per heavy atom. The lowest BCUT2D eigenvalue weighted by Gasteiger charge is -2.19. The molecule has 0 saturated carbocycles. The highest BCUT2D eigenvalue weighted by atomic mass is 16.7. The van der Waals surface area contributed by atoms with Gasteiger partial charge >= 0.3 is 0 Å². The van der Waals surface area contributed by atoms with E-state index in [-0.39, 0.29) is 31.1 Å². The topological polar surface area (TPSA) is 97.0 Å². The van der Waals surface area contributed by atoms with Crippen LogP contribution in [0.4, 0.5) is 5.69 Å². The third kappa shape index (κ3) is 4.33. The Balaban J connectivity index is 1.34. The molecular weight excluding hydrogens is 398 g/mol. The Morgan fingerprint density at radius 1 is 1.00 bits per heavy atom. The molecule has 8 heteroatoms. The van der Waals surface area contributed by atoms with E-state index >= 15 is 0 Å². The molecule has 0 spiro atoms. The zero-order chi connectivity index (χ0) is 22.2. The van der Waals surface area contributed by atoms with E-state index in [1.54, 1.807) is 35.2 Å². The SMILES string of the molecule is CC(C)(C)c1ccc(C(=O)NNC(=O)[C@H]2CC(=O)N(c3ccc4c(c3)OCO4)C2)cc1. The van der Waals surface area contributed by atoms with Crippen LogP contribution in [0.1, 0.15) is 43.1 Å². The number of rotatable bonds is 3. The van der Waals surface area contributed by atoms with Crippen LogP contribution in [-0.4, -0.2) is 31.1 Å². The van der Waals surface area contributed by atoms with Gasteiger partial charge in [-0.1, -0.05) is 32.9 Å². The standard InChI is InChI=1S/C23H25N3O5/c1-23(2,3)16-6-4-14(5-7-16)21(28)24-25-22(29)15-10-20(27)26(12-15)17-8-9-18-19(11-17)31-13-30-18/h4-9,11,15H,10,12-13H2,1-3H3,(H,24,28)(H,25,29)/t15-/m0/s1. The van der Waals surface area contributed by atoms with Crippen LogP contribution in [0.3, 0.4) is 0 Å². The molecule has 1 fully saturated rings. The van der Waals surface area contributed by atoms with Gasteiger partial charge in [0.1, 0.15) is 0 Å². The lowest BCUT2D eigenvalue weighted by molar-refractivity contribution is -0.126. The molecule has 1 saturated heterocycles. The number of fused-ring (bicyclic) bond motifs is 1. The minimum absolute atomic E-state index is 0.0118. The van der Waals surface area contributed by atoms with E-state index in [1.165, 1.54) is 0 Å². The van der Waals surface area contributed by atoms with Crippen LogP contribution in [-0.2, 0) is 15.0 Å². The Kier molecular flexibility index (Phi) is 5.31. The lowest BCUT2D eigenvalue weighted by Crippen LogP contribution is -2.45. The van der Waals surface area contributed by atoms with Crippen LogP contribution in [0.2, 0.25) is 0 Å². The molecule has 2 aliphatic rings. The Hall–Kier alpha value is -3.55. The van der Waals surface area contributed by atoms with E-state index in [0.717, 1.165) is 5.56 Å². The molecule has 3 amide bonds. The molecule has 4 rings (SSSR count). The molecule has 0 radical (unpaired) electrons. The van der Waals surface area contributed by atoms with Crippen molar-refractivity contribution in [3.63, 3.8) is 0 Å². The third-order valence-corrected chi connectivity index (χ3v) is 5.48. The second-order valence-electron chi connectivity index (χ2n) is 8.71.